The Kier molecular flexibility index (Phi) is 4.52. The van der Waals surface area contributed by atoms with Gasteiger partial charge in [0.05, 0.1) is 6.33 Å². The number of aromatic nitrogens is 2. The molecular weight excluding hydrogens is 286 g/mol. The smallest absolute Gasteiger partial charge is 0.251 e. The molecule has 0 spiro atoms. The summed E-state index contributed by atoms with van der Waals surface area (Å²) in [7, 11) is 0. The third-order valence-corrected chi connectivity index (χ3v) is 3.71. The van der Waals surface area contributed by atoms with Crippen LogP contribution in [0.15, 0.2) is 67.3 Å². The van der Waals surface area contributed by atoms with Gasteiger partial charge in [0.15, 0.2) is 0 Å². The average molecular weight is 305 g/mol. The molecule has 3 aromatic rings. The summed E-state index contributed by atoms with van der Waals surface area (Å²) >= 11 is 0. The van der Waals surface area contributed by atoms with Crippen molar-refractivity contribution in [2.24, 2.45) is 0 Å². The van der Waals surface area contributed by atoms with Gasteiger partial charge in [0.1, 0.15) is 0 Å². The molecule has 0 atom stereocenters. The van der Waals surface area contributed by atoms with E-state index < -0.39 is 0 Å². The number of rotatable bonds is 5. The minimum absolute atomic E-state index is 0.0486. The molecule has 1 heterocycles. The van der Waals surface area contributed by atoms with Crippen molar-refractivity contribution in [2.75, 3.05) is 0 Å². The molecule has 0 aliphatic carbocycles. The minimum Gasteiger partial charge on any atom is -0.348 e. The second kappa shape index (κ2) is 6.92. The molecule has 1 aromatic heterocycles. The van der Waals surface area contributed by atoms with Gasteiger partial charge in [-0.3, -0.25) is 4.79 Å². The number of benzene rings is 2. The fourth-order valence-electron chi connectivity index (χ4n) is 2.34. The van der Waals surface area contributed by atoms with Gasteiger partial charge >= 0.3 is 0 Å². The monoisotopic (exact) mass is 305 g/mol. The summed E-state index contributed by atoms with van der Waals surface area (Å²) in [6.07, 6.45) is 5.51. The van der Waals surface area contributed by atoms with Crippen LogP contribution in [0, 0.1) is 6.92 Å². The molecular formula is C19H19N3O. The highest BCUT2D eigenvalue weighted by atomic mass is 16.1. The first-order valence-electron chi connectivity index (χ1n) is 7.59. The quantitative estimate of drug-likeness (QED) is 0.787. The maximum Gasteiger partial charge on any atom is 0.251 e. The Morgan fingerprint density at radius 2 is 1.74 bits per heavy atom. The van der Waals surface area contributed by atoms with Crippen molar-refractivity contribution >= 4 is 5.91 Å². The van der Waals surface area contributed by atoms with Crippen LogP contribution in [0.1, 0.15) is 27.0 Å². The summed E-state index contributed by atoms with van der Waals surface area (Å²) in [5, 5.41) is 2.95. The highest BCUT2D eigenvalue weighted by Gasteiger charge is 2.04. The van der Waals surface area contributed by atoms with E-state index in [0.717, 1.165) is 17.7 Å². The lowest BCUT2D eigenvalue weighted by Crippen LogP contribution is -2.22. The predicted octanol–water partition coefficient (Wildman–Crippen LogP) is 3.17. The third-order valence-electron chi connectivity index (χ3n) is 3.71. The molecule has 3 rings (SSSR count). The maximum atomic E-state index is 12.1. The molecule has 116 valence electrons. The third kappa shape index (κ3) is 4.07. The van der Waals surface area contributed by atoms with Crippen molar-refractivity contribution in [3.8, 4) is 0 Å². The van der Waals surface area contributed by atoms with Crippen molar-refractivity contribution in [3.05, 3.63) is 89.5 Å². The molecule has 0 aliphatic rings. The van der Waals surface area contributed by atoms with E-state index >= 15 is 0 Å². The second-order valence-corrected chi connectivity index (χ2v) is 5.60. The molecule has 1 N–H and O–H groups in total. The van der Waals surface area contributed by atoms with Crippen LogP contribution in [0.2, 0.25) is 0 Å². The first-order valence-corrected chi connectivity index (χ1v) is 7.59. The minimum atomic E-state index is -0.0486. The number of carbonyl (C=O) groups is 1. The summed E-state index contributed by atoms with van der Waals surface area (Å²) in [5.74, 6) is -0.0486. The van der Waals surface area contributed by atoms with Crippen molar-refractivity contribution in [2.45, 2.75) is 20.0 Å². The van der Waals surface area contributed by atoms with Gasteiger partial charge in [-0.25, -0.2) is 4.98 Å². The molecule has 0 saturated carbocycles. The molecule has 0 aliphatic heterocycles. The first-order chi connectivity index (χ1) is 11.2. The first kappa shape index (κ1) is 15.0. The van der Waals surface area contributed by atoms with Crippen molar-refractivity contribution < 1.29 is 4.79 Å². The summed E-state index contributed by atoms with van der Waals surface area (Å²) in [5.41, 5.74) is 4.12. The normalized spacial score (nSPS) is 10.5. The van der Waals surface area contributed by atoms with Crippen LogP contribution in [0.4, 0.5) is 0 Å². The average Bonchev–Trinajstić information content (AvgIpc) is 3.07. The summed E-state index contributed by atoms with van der Waals surface area (Å²) in [6, 6.07) is 15.8. The van der Waals surface area contributed by atoms with Gasteiger partial charge in [-0.05, 0) is 30.2 Å². The van der Waals surface area contributed by atoms with E-state index in [1.54, 1.807) is 12.5 Å². The van der Waals surface area contributed by atoms with E-state index in [1.165, 1.54) is 5.56 Å². The van der Waals surface area contributed by atoms with E-state index in [2.05, 4.69) is 22.4 Å². The molecule has 0 bridgehead atoms. The molecule has 4 heteroatoms. The SMILES string of the molecule is Cc1ccc(C(=O)NCc2ccc(Cn3ccnc3)cc2)cc1. The van der Waals surface area contributed by atoms with Crippen LogP contribution in [0.3, 0.4) is 0 Å². The van der Waals surface area contributed by atoms with Crippen LogP contribution in [0.5, 0.6) is 0 Å². The van der Waals surface area contributed by atoms with E-state index in [-0.39, 0.29) is 5.91 Å². The predicted molar refractivity (Wildman–Crippen MR) is 90.1 cm³/mol. The van der Waals surface area contributed by atoms with E-state index in [0.29, 0.717) is 12.1 Å². The molecule has 0 saturated heterocycles. The summed E-state index contributed by atoms with van der Waals surface area (Å²) < 4.78 is 2.02. The molecule has 4 nitrogen and oxygen atoms in total. The summed E-state index contributed by atoms with van der Waals surface area (Å²) in [6.45, 7) is 3.33. The zero-order valence-corrected chi connectivity index (χ0v) is 13.1. The Labute approximate surface area is 135 Å². The molecule has 0 unspecified atom stereocenters. The zero-order chi connectivity index (χ0) is 16.1. The van der Waals surface area contributed by atoms with Crippen LogP contribution in [0.25, 0.3) is 0 Å². The number of nitrogens with zero attached hydrogens (tertiary/aromatic N) is 2. The van der Waals surface area contributed by atoms with Crippen LogP contribution >= 0.6 is 0 Å². The number of hydrogen-bond donors (Lipinski definition) is 1. The largest absolute Gasteiger partial charge is 0.348 e. The van der Waals surface area contributed by atoms with Gasteiger partial charge in [0, 0.05) is 31.0 Å². The van der Waals surface area contributed by atoms with Gasteiger partial charge < -0.3 is 9.88 Å². The number of imidazole rings is 1. The summed E-state index contributed by atoms with van der Waals surface area (Å²) in [4.78, 5) is 16.1. The van der Waals surface area contributed by atoms with Gasteiger partial charge in [0.2, 0.25) is 0 Å². The highest BCUT2D eigenvalue weighted by Crippen LogP contribution is 2.07. The van der Waals surface area contributed by atoms with Crippen molar-refractivity contribution in [1.29, 1.82) is 0 Å². The van der Waals surface area contributed by atoms with Crippen LogP contribution in [-0.4, -0.2) is 15.5 Å². The lowest BCUT2D eigenvalue weighted by molar-refractivity contribution is 0.0951. The molecule has 23 heavy (non-hydrogen) atoms. The Morgan fingerprint density at radius 1 is 1.04 bits per heavy atom. The number of nitrogens with one attached hydrogen (secondary N) is 1. The number of amides is 1. The lowest BCUT2D eigenvalue weighted by Gasteiger charge is -2.07. The van der Waals surface area contributed by atoms with E-state index in [1.807, 2.05) is 54.1 Å². The highest BCUT2D eigenvalue weighted by molar-refractivity contribution is 5.94. The fourth-order valence-corrected chi connectivity index (χ4v) is 2.34. The van der Waals surface area contributed by atoms with Gasteiger partial charge in [-0.1, -0.05) is 42.0 Å². The van der Waals surface area contributed by atoms with Gasteiger partial charge in [0.25, 0.3) is 5.91 Å². The standard InChI is InChI=1S/C19H19N3O/c1-15-2-8-18(9-3-15)19(23)21-12-16-4-6-17(7-5-16)13-22-11-10-20-14-22/h2-11,14H,12-13H2,1H3,(H,21,23). The number of aryl methyl sites for hydroxylation is 1. The molecule has 2 aromatic carbocycles. The Morgan fingerprint density at radius 3 is 2.39 bits per heavy atom. The maximum absolute atomic E-state index is 12.1. The van der Waals surface area contributed by atoms with Crippen LogP contribution < -0.4 is 5.32 Å². The molecule has 0 radical (unpaired) electrons. The van der Waals surface area contributed by atoms with E-state index in [4.69, 9.17) is 0 Å². The van der Waals surface area contributed by atoms with Crippen molar-refractivity contribution in [1.82, 2.24) is 14.9 Å². The van der Waals surface area contributed by atoms with Gasteiger partial charge in [-0.15, -0.1) is 0 Å². The Balaban J connectivity index is 1.56. The van der Waals surface area contributed by atoms with E-state index in [9.17, 15) is 4.79 Å². The van der Waals surface area contributed by atoms with Gasteiger partial charge in [-0.2, -0.15) is 0 Å². The lowest BCUT2D eigenvalue weighted by atomic mass is 10.1. The Hall–Kier alpha value is -2.88. The number of hydrogen-bond acceptors (Lipinski definition) is 2. The molecule has 1 amide bonds. The van der Waals surface area contributed by atoms with Crippen LogP contribution in [-0.2, 0) is 13.1 Å². The fraction of sp³-hybridized carbons (Fsp3) is 0.158. The molecule has 0 fully saturated rings. The second-order valence-electron chi connectivity index (χ2n) is 5.60. The topological polar surface area (TPSA) is 46.9 Å². The Bertz CT molecular complexity index is 759. The zero-order valence-electron chi connectivity index (χ0n) is 13.1. The number of carbonyl (C=O) groups excluding carboxylic acids is 1. The van der Waals surface area contributed by atoms with Crippen molar-refractivity contribution in [3.63, 3.8) is 0 Å².